The lowest BCUT2D eigenvalue weighted by Gasteiger charge is -2.31. The van der Waals surface area contributed by atoms with E-state index in [1.807, 2.05) is 59.5 Å². The van der Waals surface area contributed by atoms with E-state index in [0.717, 1.165) is 15.6 Å². The molecule has 0 atom stereocenters. The summed E-state index contributed by atoms with van der Waals surface area (Å²) in [7, 11) is 0. The molecule has 3 rings (SSSR count). The van der Waals surface area contributed by atoms with Crippen molar-refractivity contribution in [3.8, 4) is 0 Å². The summed E-state index contributed by atoms with van der Waals surface area (Å²) in [4.78, 5) is 27.7. The molecule has 0 radical (unpaired) electrons. The Morgan fingerprint density at radius 1 is 1.04 bits per heavy atom. The Hall–Kier alpha value is -1.98. The van der Waals surface area contributed by atoms with Crippen LogP contribution in [0.15, 0.2) is 59.5 Å². The molecule has 0 spiro atoms. The highest BCUT2D eigenvalue weighted by Gasteiger charge is 2.27. The number of hydrogen-bond donors (Lipinski definition) is 1. The Morgan fingerprint density at radius 3 is 2.41 bits per heavy atom. The van der Waals surface area contributed by atoms with Gasteiger partial charge in [-0.3, -0.25) is 9.59 Å². The number of amides is 2. The van der Waals surface area contributed by atoms with Gasteiger partial charge in [0.15, 0.2) is 0 Å². The number of hydrogen-bond acceptors (Lipinski definition) is 3. The number of para-hydroxylation sites is 1. The van der Waals surface area contributed by atoms with Crippen LogP contribution in [-0.4, -0.2) is 35.6 Å². The largest absolute Gasteiger partial charge is 0.343 e. The first-order valence-corrected chi connectivity index (χ1v) is 10.5. The van der Waals surface area contributed by atoms with Gasteiger partial charge in [-0.2, -0.15) is 0 Å². The summed E-state index contributed by atoms with van der Waals surface area (Å²) in [6, 6.07) is 17.2. The van der Waals surface area contributed by atoms with Gasteiger partial charge in [0.2, 0.25) is 11.8 Å². The molecule has 1 fully saturated rings. The van der Waals surface area contributed by atoms with Crippen LogP contribution in [0, 0.1) is 5.92 Å². The Balaban J connectivity index is 1.40. The van der Waals surface area contributed by atoms with Crippen LogP contribution in [0.2, 0.25) is 5.02 Å². The van der Waals surface area contributed by atoms with Gasteiger partial charge >= 0.3 is 0 Å². The SMILES string of the molecule is O=C(Nc1ccccc1)C1CCN(C(=O)CCSc2ccccc2Cl)CC1. The fourth-order valence-electron chi connectivity index (χ4n) is 3.13. The standard InChI is InChI=1S/C21H23ClN2O2S/c22-18-8-4-5-9-19(18)27-15-12-20(25)24-13-10-16(11-14-24)21(26)23-17-6-2-1-3-7-17/h1-9,16H,10-15H2,(H,23,26). The molecule has 27 heavy (non-hydrogen) atoms. The fourth-order valence-corrected chi connectivity index (χ4v) is 4.30. The third-order valence-electron chi connectivity index (χ3n) is 4.67. The molecular formula is C21H23ClN2O2S. The zero-order valence-corrected chi connectivity index (χ0v) is 16.6. The Labute approximate surface area is 169 Å². The van der Waals surface area contributed by atoms with Crippen molar-refractivity contribution in [3.63, 3.8) is 0 Å². The summed E-state index contributed by atoms with van der Waals surface area (Å²) >= 11 is 7.74. The van der Waals surface area contributed by atoms with E-state index in [0.29, 0.717) is 38.1 Å². The van der Waals surface area contributed by atoms with E-state index in [1.165, 1.54) is 0 Å². The van der Waals surface area contributed by atoms with Crippen molar-refractivity contribution in [1.82, 2.24) is 4.90 Å². The number of carbonyl (C=O) groups excluding carboxylic acids is 2. The molecule has 142 valence electrons. The molecule has 1 heterocycles. The molecule has 1 saturated heterocycles. The molecule has 1 N–H and O–H groups in total. The first kappa shape index (κ1) is 19.8. The summed E-state index contributed by atoms with van der Waals surface area (Å²) in [5.74, 6) is 0.863. The average molecular weight is 403 g/mol. The highest BCUT2D eigenvalue weighted by Crippen LogP contribution is 2.27. The van der Waals surface area contributed by atoms with Crippen LogP contribution in [0.3, 0.4) is 0 Å². The number of halogens is 1. The number of rotatable bonds is 6. The van der Waals surface area contributed by atoms with E-state index < -0.39 is 0 Å². The summed E-state index contributed by atoms with van der Waals surface area (Å²) in [5.41, 5.74) is 0.817. The number of thioether (sulfide) groups is 1. The second kappa shape index (κ2) is 9.81. The molecule has 0 aliphatic carbocycles. The van der Waals surface area contributed by atoms with Crippen molar-refractivity contribution in [2.75, 3.05) is 24.2 Å². The summed E-state index contributed by atoms with van der Waals surface area (Å²) < 4.78 is 0. The highest BCUT2D eigenvalue weighted by molar-refractivity contribution is 7.99. The summed E-state index contributed by atoms with van der Waals surface area (Å²) in [6.45, 7) is 1.28. The molecule has 0 aromatic heterocycles. The van der Waals surface area contributed by atoms with Gasteiger partial charge in [0.25, 0.3) is 0 Å². The number of carbonyl (C=O) groups is 2. The van der Waals surface area contributed by atoms with Gasteiger partial charge < -0.3 is 10.2 Å². The second-order valence-corrected chi connectivity index (χ2v) is 8.08. The molecule has 2 amide bonds. The normalized spacial score (nSPS) is 14.8. The number of benzene rings is 2. The summed E-state index contributed by atoms with van der Waals surface area (Å²) in [5, 5.41) is 3.68. The molecule has 6 heteroatoms. The first-order chi connectivity index (χ1) is 13.1. The smallest absolute Gasteiger partial charge is 0.227 e. The third-order valence-corrected chi connectivity index (χ3v) is 6.19. The van der Waals surface area contributed by atoms with E-state index >= 15 is 0 Å². The molecular weight excluding hydrogens is 380 g/mol. The third kappa shape index (κ3) is 5.75. The molecule has 4 nitrogen and oxygen atoms in total. The lowest BCUT2D eigenvalue weighted by Crippen LogP contribution is -2.41. The fraction of sp³-hybridized carbons (Fsp3) is 0.333. The maximum absolute atomic E-state index is 12.4. The van der Waals surface area contributed by atoms with Crippen LogP contribution in [-0.2, 0) is 9.59 Å². The predicted molar refractivity (Wildman–Crippen MR) is 111 cm³/mol. The highest BCUT2D eigenvalue weighted by atomic mass is 35.5. The van der Waals surface area contributed by atoms with Crippen LogP contribution in [0.4, 0.5) is 5.69 Å². The second-order valence-electron chi connectivity index (χ2n) is 6.54. The van der Waals surface area contributed by atoms with E-state index in [-0.39, 0.29) is 17.7 Å². The van der Waals surface area contributed by atoms with Crippen LogP contribution < -0.4 is 5.32 Å². The van der Waals surface area contributed by atoms with Gasteiger partial charge in [0.1, 0.15) is 0 Å². The molecule has 0 saturated carbocycles. The van der Waals surface area contributed by atoms with Crippen molar-refractivity contribution in [3.05, 3.63) is 59.6 Å². The molecule has 2 aromatic carbocycles. The topological polar surface area (TPSA) is 49.4 Å². The maximum Gasteiger partial charge on any atom is 0.227 e. The monoisotopic (exact) mass is 402 g/mol. The average Bonchev–Trinajstić information content (AvgIpc) is 2.70. The number of likely N-dealkylation sites (tertiary alicyclic amines) is 1. The Kier molecular flexibility index (Phi) is 7.18. The minimum absolute atomic E-state index is 0.0354. The zero-order chi connectivity index (χ0) is 19.1. The number of piperidine rings is 1. The minimum Gasteiger partial charge on any atom is -0.343 e. The predicted octanol–water partition coefficient (Wildman–Crippen LogP) is 4.70. The van der Waals surface area contributed by atoms with Crippen LogP contribution in [0.5, 0.6) is 0 Å². The minimum atomic E-state index is -0.0354. The first-order valence-electron chi connectivity index (χ1n) is 9.14. The quantitative estimate of drug-likeness (QED) is 0.712. The van der Waals surface area contributed by atoms with Gasteiger partial charge in [-0.05, 0) is 37.1 Å². The van der Waals surface area contributed by atoms with Crippen molar-refractivity contribution >= 4 is 40.9 Å². The van der Waals surface area contributed by atoms with E-state index in [1.54, 1.807) is 11.8 Å². The van der Waals surface area contributed by atoms with Crippen LogP contribution in [0.25, 0.3) is 0 Å². The molecule has 2 aromatic rings. The van der Waals surface area contributed by atoms with E-state index in [4.69, 9.17) is 11.6 Å². The van der Waals surface area contributed by atoms with Gasteiger partial charge in [-0.1, -0.05) is 41.9 Å². The lowest BCUT2D eigenvalue weighted by molar-refractivity contribution is -0.134. The molecule has 0 bridgehead atoms. The molecule has 1 aliphatic heterocycles. The van der Waals surface area contributed by atoms with Crippen LogP contribution >= 0.6 is 23.4 Å². The van der Waals surface area contributed by atoms with Crippen molar-refractivity contribution in [1.29, 1.82) is 0 Å². The van der Waals surface area contributed by atoms with Gasteiger partial charge in [0, 0.05) is 41.8 Å². The van der Waals surface area contributed by atoms with Gasteiger partial charge in [-0.25, -0.2) is 0 Å². The number of anilines is 1. The molecule has 0 unspecified atom stereocenters. The summed E-state index contributed by atoms with van der Waals surface area (Å²) in [6.07, 6.45) is 1.90. The Bertz CT molecular complexity index is 777. The van der Waals surface area contributed by atoms with Crippen molar-refractivity contribution in [2.24, 2.45) is 5.92 Å². The number of nitrogens with one attached hydrogen (secondary N) is 1. The van der Waals surface area contributed by atoms with Gasteiger partial charge in [-0.15, -0.1) is 11.8 Å². The lowest BCUT2D eigenvalue weighted by atomic mass is 9.95. The van der Waals surface area contributed by atoms with E-state index in [2.05, 4.69) is 5.32 Å². The zero-order valence-electron chi connectivity index (χ0n) is 15.1. The molecule has 1 aliphatic rings. The maximum atomic E-state index is 12.4. The van der Waals surface area contributed by atoms with Crippen molar-refractivity contribution < 1.29 is 9.59 Å². The van der Waals surface area contributed by atoms with Crippen molar-refractivity contribution in [2.45, 2.75) is 24.2 Å². The van der Waals surface area contributed by atoms with E-state index in [9.17, 15) is 9.59 Å². The van der Waals surface area contributed by atoms with Crippen LogP contribution in [0.1, 0.15) is 19.3 Å². The Morgan fingerprint density at radius 2 is 1.70 bits per heavy atom. The number of nitrogens with zero attached hydrogens (tertiary/aromatic N) is 1. The van der Waals surface area contributed by atoms with Gasteiger partial charge in [0.05, 0.1) is 5.02 Å².